The molecule has 0 aliphatic heterocycles. The zero-order valence-corrected chi connectivity index (χ0v) is 10.9. The molecule has 0 saturated heterocycles. The highest BCUT2D eigenvalue weighted by atomic mass is 16.5. The Hall–Kier alpha value is -1.20. The number of nitrogens with two attached hydrogens (primary N) is 2. The fraction of sp³-hybridized carbons (Fsp3) is 0.667. The second-order valence-corrected chi connectivity index (χ2v) is 3.94. The van der Waals surface area contributed by atoms with Crippen LogP contribution < -0.4 is 11.5 Å². The summed E-state index contributed by atoms with van der Waals surface area (Å²) in [4.78, 5) is 8.69. The number of hydrogen-bond donors (Lipinski definition) is 2. The second-order valence-electron chi connectivity index (χ2n) is 3.94. The maximum Gasteiger partial charge on any atom is 0.162 e. The Morgan fingerprint density at radius 3 is 2.35 bits per heavy atom. The van der Waals surface area contributed by atoms with Gasteiger partial charge in [0.15, 0.2) is 5.82 Å². The van der Waals surface area contributed by atoms with Gasteiger partial charge in [0.05, 0.1) is 0 Å². The molecule has 1 heterocycles. The fourth-order valence-electron chi connectivity index (χ4n) is 1.91. The molecule has 0 aliphatic rings. The molecule has 0 amide bonds. The summed E-state index contributed by atoms with van der Waals surface area (Å²) in [6, 6.07) is 0. The van der Waals surface area contributed by atoms with Crippen molar-refractivity contribution >= 4 is 5.82 Å². The van der Waals surface area contributed by atoms with Crippen LogP contribution >= 0.6 is 0 Å². The molecular formula is C12H22N4O. The van der Waals surface area contributed by atoms with E-state index >= 15 is 0 Å². The first-order valence-electron chi connectivity index (χ1n) is 6.09. The summed E-state index contributed by atoms with van der Waals surface area (Å²) in [5.74, 6) is 1.10. The zero-order chi connectivity index (χ0) is 12.9. The van der Waals surface area contributed by atoms with Gasteiger partial charge in [-0.2, -0.15) is 0 Å². The van der Waals surface area contributed by atoms with Crippen LogP contribution in [0.3, 0.4) is 0 Å². The summed E-state index contributed by atoms with van der Waals surface area (Å²) >= 11 is 0. The topological polar surface area (TPSA) is 87.0 Å². The van der Waals surface area contributed by atoms with Gasteiger partial charge in [-0.05, 0) is 19.8 Å². The predicted molar refractivity (Wildman–Crippen MR) is 68.2 cm³/mol. The van der Waals surface area contributed by atoms with Crippen LogP contribution in [0, 0.1) is 0 Å². The Balaban J connectivity index is 3.14. The largest absolute Gasteiger partial charge is 0.383 e. The van der Waals surface area contributed by atoms with E-state index in [4.69, 9.17) is 16.2 Å². The van der Waals surface area contributed by atoms with Crippen LogP contribution in [0.5, 0.6) is 0 Å². The Labute approximate surface area is 103 Å². The number of nitrogen functional groups attached to an aromatic ring is 1. The lowest BCUT2D eigenvalue weighted by Crippen LogP contribution is -2.31. The molecular weight excluding hydrogens is 216 g/mol. The van der Waals surface area contributed by atoms with Crippen LogP contribution in [-0.4, -0.2) is 16.6 Å². The highest BCUT2D eigenvalue weighted by molar-refractivity contribution is 5.38. The van der Waals surface area contributed by atoms with E-state index in [2.05, 4.69) is 23.8 Å². The quantitative estimate of drug-likeness (QED) is 0.785. The van der Waals surface area contributed by atoms with Gasteiger partial charge < -0.3 is 16.2 Å². The monoisotopic (exact) mass is 238 g/mol. The summed E-state index contributed by atoms with van der Waals surface area (Å²) in [7, 11) is 0. The minimum Gasteiger partial charge on any atom is -0.383 e. The van der Waals surface area contributed by atoms with Crippen LogP contribution in [-0.2, 0) is 16.9 Å². The van der Waals surface area contributed by atoms with Crippen molar-refractivity contribution in [3.05, 3.63) is 17.6 Å². The molecule has 1 aromatic heterocycles. The average Bonchev–Trinajstić information content (AvgIpc) is 2.36. The normalized spacial score (nSPS) is 11.8. The molecule has 17 heavy (non-hydrogen) atoms. The average molecular weight is 238 g/mol. The molecule has 0 bridgehead atoms. The molecule has 4 N–H and O–H groups in total. The molecule has 0 unspecified atom stereocenters. The molecule has 0 aliphatic carbocycles. The lowest BCUT2D eigenvalue weighted by atomic mass is 9.95. The van der Waals surface area contributed by atoms with Crippen LogP contribution in [0.15, 0.2) is 6.20 Å². The summed E-state index contributed by atoms with van der Waals surface area (Å²) in [6.45, 7) is 7.08. The van der Waals surface area contributed by atoms with Gasteiger partial charge in [-0.25, -0.2) is 9.97 Å². The van der Waals surface area contributed by atoms with Crippen molar-refractivity contribution < 1.29 is 4.74 Å². The maximum atomic E-state index is 5.85. The number of anilines is 1. The van der Waals surface area contributed by atoms with Crippen molar-refractivity contribution in [2.75, 3.05) is 12.3 Å². The van der Waals surface area contributed by atoms with Crippen molar-refractivity contribution in [2.45, 2.75) is 45.8 Å². The van der Waals surface area contributed by atoms with Crippen molar-refractivity contribution in [1.29, 1.82) is 0 Å². The van der Waals surface area contributed by atoms with Crippen LogP contribution in [0.4, 0.5) is 5.82 Å². The zero-order valence-electron chi connectivity index (χ0n) is 10.9. The van der Waals surface area contributed by atoms with E-state index < -0.39 is 5.60 Å². The van der Waals surface area contributed by atoms with E-state index in [9.17, 15) is 0 Å². The van der Waals surface area contributed by atoms with Crippen molar-refractivity contribution in [1.82, 2.24) is 9.97 Å². The summed E-state index contributed by atoms with van der Waals surface area (Å²) in [5, 5.41) is 0. The maximum absolute atomic E-state index is 5.85. The molecule has 0 fully saturated rings. The molecule has 1 aromatic rings. The first-order chi connectivity index (χ1) is 8.13. The van der Waals surface area contributed by atoms with Gasteiger partial charge in [0.2, 0.25) is 0 Å². The Kier molecular flexibility index (Phi) is 4.84. The smallest absolute Gasteiger partial charge is 0.162 e. The van der Waals surface area contributed by atoms with E-state index in [1.165, 1.54) is 0 Å². The fourth-order valence-corrected chi connectivity index (χ4v) is 1.91. The van der Waals surface area contributed by atoms with Crippen LogP contribution in [0.25, 0.3) is 0 Å². The molecule has 0 aromatic carbocycles. The third-order valence-corrected chi connectivity index (χ3v) is 3.09. The van der Waals surface area contributed by atoms with Crippen molar-refractivity contribution in [3.8, 4) is 0 Å². The van der Waals surface area contributed by atoms with Gasteiger partial charge in [0.1, 0.15) is 11.4 Å². The minimum atomic E-state index is -0.435. The first kappa shape index (κ1) is 13.9. The Morgan fingerprint density at radius 1 is 1.29 bits per heavy atom. The highest BCUT2D eigenvalue weighted by Gasteiger charge is 2.32. The molecule has 0 radical (unpaired) electrons. The highest BCUT2D eigenvalue weighted by Crippen LogP contribution is 2.31. The Bertz CT molecular complexity index is 364. The molecule has 96 valence electrons. The number of ether oxygens (including phenoxy) is 1. The number of hydrogen-bond acceptors (Lipinski definition) is 5. The summed E-state index contributed by atoms with van der Waals surface area (Å²) in [5.41, 5.74) is 11.7. The summed E-state index contributed by atoms with van der Waals surface area (Å²) < 4.78 is 5.83. The SMILES string of the molecule is CCOC(CC)(CC)c1ncc(CN)c(N)n1. The lowest BCUT2D eigenvalue weighted by Gasteiger charge is -2.30. The second kappa shape index (κ2) is 5.93. The summed E-state index contributed by atoms with van der Waals surface area (Å²) in [6.07, 6.45) is 3.33. The number of rotatable bonds is 6. The van der Waals surface area contributed by atoms with E-state index in [0.29, 0.717) is 24.8 Å². The number of nitrogens with zero attached hydrogens (tertiary/aromatic N) is 2. The number of aromatic nitrogens is 2. The van der Waals surface area contributed by atoms with Crippen molar-refractivity contribution in [3.63, 3.8) is 0 Å². The standard InChI is InChI=1S/C12H22N4O/c1-4-12(5-2,17-6-3)11-15-8-9(7-13)10(14)16-11/h8H,4-7,13H2,1-3H3,(H2,14,15,16). The van der Waals surface area contributed by atoms with E-state index in [1.807, 2.05) is 6.92 Å². The van der Waals surface area contributed by atoms with E-state index in [0.717, 1.165) is 18.4 Å². The van der Waals surface area contributed by atoms with E-state index in [-0.39, 0.29) is 0 Å². The molecule has 0 atom stereocenters. The van der Waals surface area contributed by atoms with Gasteiger partial charge in [-0.1, -0.05) is 13.8 Å². The van der Waals surface area contributed by atoms with Crippen LogP contribution in [0.1, 0.15) is 45.0 Å². The molecule has 0 spiro atoms. The van der Waals surface area contributed by atoms with Gasteiger partial charge >= 0.3 is 0 Å². The van der Waals surface area contributed by atoms with Gasteiger partial charge in [0, 0.05) is 24.9 Å². The molecule has 1 rings (SSSR count). The molecule has 5 nitrogen and oxygen atoms in total. The van der Waals surface area contributed by atoms with Crippen molar-refractivity contribution in [2.24, 2.45) is 5.73 Å². The first-order valence-corrected chi connectivity index (χ1v) is 6.09. The lowest BCUT2D eigenvalue weighted by molar-refractivity contribution is -0.0570. The van der Waals surface area contributed by atoms with Gasteiger partial charge in [-0.3, -0.25) is 0 Å². The Morgan fingerprint density at radius 2 is 1.94 bits per heavy atom. The van der Waals surface area contributed by atoms with Gasteiger partial charge in [0.25, 0.3) is 0 Å². The van der Waals surface area contributed by atoms with E-state index in [1.54, 1.807) is 6.20 Å². The molecule has 0 saturated carbocycles. The predicted octanol–water partition coefficient (Wildman–Crippen LogP) is 1.57. The third-order valence-electron chi connectivity index (χ3n) is 3.09. The van der Waals surface area contributed by atoms with Crippen LogP contribution in [0.2, 0.25) is 0 Å². The van der Waals surface area contributed by atoms with Gasteiger partial charge in [-0.15, -0.1) is 0 Å². The third kappa shape index (κ3) is 2.73. The molecule has 5 heteroatoms. The minimum absolute atomic E-state index is 0.353.